The molecular weight excluding hydrogens is 400 g/mol. The third kappa shape index (κ3) is 7.91. The third-order valence-corrected chi connectivity index (χ3v) is 4.85. The second kappa shape index (κ2) is 12.1. The number of hydrogen-bond donors (Lipinski definition) is 2. The van der Waals surface area contributed by atoms with E-state index < -0.39 is 0 Å². The van der Waals surface area contributed by atoms with Crippen molar-refractivity contribution in [1.29, 1.82) is 0 Å². The summed E-state index contributed by atoms with van der Waals surface area (Å²) < 4.78 is 6.09. The smallest absolute Gasteiger partial charge is 0.253 e. The maximum Gasteiger partial charge on any atom is 0.253 e. The zero-order valence-electron chi connectivity index (χ0n) is 20.4. The van der Waals surface area contributed by atoms with Crippen LogP contribution >= 0.6 is 0 Å². The molecule has 2 rings (SSSR count). The molecule has 2 aromatic rings. The summed E-state index contributed by atoms with van der Waals surface area (Å²) >= 11 is 0. The van der Waals surface area contributed by atoms with E-state index in [0.717, 1.165) is 29.4 Å². The molecule has 0 saturated carbocycles. The van der Waals surface area contributed by atoms with Gasteiger partial charge in [0.25, 0.3) is 5.91 Å². The van der Waals surface area contributed by atoms with Crippen molar-refractivity contribution in [2.24, 2.45) is 4.99 Å². The number of aliphatic imine (C=N–C) groups is 1. The Bertz CT molecular complexity index is 881. The van der Waals surface area contributed by atoms with Gasteiger partial charge >= 0.3 is 0 Å². The summed E-state index contributed by atoms with van der Waals surface area (Å²) in [5, 5.41) is 6.68. The number of carbonyl (C=O) groups is 1. The van der Waals surface area contributed by atoms with Gasteiger partial charge in [-0.25, -0.2) is 4.99 Å². The van der Waals surface area contributed by atoms with Crippen molar-refractivity contribution < 1.29 is 9.53 Å². The number of nitrogens with one attached hydrogen (secondary N) is 2. The molecule has 32 heavy (non-hydrogen) atoms. The number of para-hydroxylation sites is 1. The van der Waals surface area contributed by atoms with E-state index in [4.69, 9.17) is 9.73 Å². The number of nitrogens with zero attached hydrogens (tertiary/aromatic N) is 2. The van der Waals surface area contributed by atoms with Crippen LogP contribution in [0, 0.1) is 0 Å². The van der Waals surface area contributed by atoms with E-state index in [1.807, 2.05) is 88.9 Å². The highest BCUT2D eigenvalue weighted by Crippen LogP contribution is 2.22. The molecule has 0 bridgehead atoms. The lowest BCUT2D eigenvalue weighted by atomic mass is 10.1. The van der Waals surface area contributed by atoms with Crippen LogP contribution in [-0.4, -0.2) is 42.0 Å². The zero-order valence-corrected chi connectivity index (χ0v) is 20.4. The minimum absolute atomic E-state index is 0.0659. The van der Waals surface area contributed by atoms with Gasteiger partial charge in [0.05, 0.1) is 6.54 Å². The van der Waals surface area contributed by atoms with Crippen molar-refractivity contribution in [2.45, 2.75) is 60.2 Å². The fraction of sp³-hybridized carbons (Fsp3) is 0.462. The van der Waals surface area contributed by atoms with Gasteiger partial charge in [-0.1, -0.05) is 30.3 Å². The molecule has 0 radical (unpaired) electrons. The fourth-order valence-corrected chi connectivity index (χ4v) is 3.22. The molecule has 0 aliphatic carbocycles. The van der Waals surface area contributed by atoms with E-state index in [1.165, 1.54) is 0 Å². The van der Waals surface area contributed by atoms with Crippen LogP contribution < -0.4 is 15.4 Å². The average molecular weight is 439 g/mol. The quantitative estimate of drug-likeness (QED) is 0.444. The summed E-state index contributed by atoms with van der Waals surface area (Å²) in [5.74, 6) is 1.68. The Kier molecular flexibility index (Phi) is 9.57. The van der Waals surface area contributed by atoms with Gasteiger partial charge in [0.15, 0.2) is 5.96 Å². The van der Waals surface area contributed by atoms with Crippen molar-refractivity contribution in [2.75, 3.05) is 19.6 Å². The maximum absolute atomic E-state index is 12.5. The van der Waals surface area contributed by atoms with E-state index in [1.54, 1.807) is 0 Å². The van der Waals surface area contributed by atoms with Crippen LogP contribution in [0.1, 0.15) is 63.0 Å². The molecule has 1 amide bonds. The number of rotatable bonds is 9. The average Bonchev–Trinajstić information content (AvgIpc) is 2.76. The van der Waals surface area contributed by atoms with Crippen LogP contribution in [0.2, 0.25) is 0 Å². The number of hydrogen-bond acceptors (Lipinski definition) is 3. The minimum atomic E-state index is -0.256. The lowest BCUT2D eigenvalue weighted by Gasteiger charge is -2.23. The van der Waals surface area contributed by atoms with E-state index >= 15 is 0 Å². The topological polar surface area (TPSA) is 66.0 Å². The fourth-order valence-electron chi connectivity index (χ4n) is 3.22. The van der Waals surface area contributed by atoms with Crippen LogP contribution in [-0.2, 0) is 13.1 Å². The number of ether oxygens (including phenoxy) is 1. The first kappa shape index (κ1) is 25.2. The molecule has 6 nitrogen and oxygen atoms in total. The molecule has 0 aromatic heterocycles. The Labute approximate surface area is 193 Å². The Morgan fingerprint density at radius 1 is 0.969 bits per heavy atom. The second-order valence-corrected chi connectivity index (χ2v) is 8.55. The van der Waals surface area contributed by atoms with Crippen LogP contribution in [0.25, 0.3) is 0 Å². The summed E-state index contributed by atoms with van der Waals surface area (Å²) in [5.41, 5.74) is 2.58. The summed E-state index contributed by atoms with van der Waals surface area (Å²) in [6.45, 7) is 15.5. The van der Waals surface area contributed by atoms with Crippen LogP contribution in [0.3, 0.4) is 0 Å². The first-order valence-corrected chi connectivity index (χ1v) is 11.4. The van der Waals surface area contributed by atoms with Gasteiger partial charge < -0.3 is 20.3 Å². The van der Waals surface area contributed by atoms with Gasteiger partial charge in [-0.2, -0.15) is 0 Å². The molecule has 6 heteroatoms. The third-order valence-electron chi connectivity index (χ3n) is 4.85. The number of carbonyl (C=O) groups excluding carboxylic acids is 1. The predicted octanol–water partition coefficient (Wildman–Crippen LogP) is 4.60. The molecule has 0 unspecified atom stereocenters. The van der Waals surface area contributed by atoms with Gasteiger partial charge in [-0.05, 0) is 65.3 Å². The van der Waals surface area contributed by atoms with Gasteiger partial charge in [-0.3, -0.25) is 4.79 Å². The van der Waals surface area contributed by atoms with Gasteiger partial charge in [0, 0.05) is 37.3 Å². The first-order chi connectivity index (χ1) is 15.3. The van der Waals surface area contributed by atoms with Gasteiger partial charge in [0.1, 0.15) is 11.4 Å². The second-order valence-electron chi connectivity index (χ2n) is 8.55. The van der Waals surface area contributed by atoms with Crippen molar-refractivity contribution in [3.8, 4) is 5.75 Å². The molecule has 0 spiro atoms. The Morgan fingerprint density at radius 2 is 1.62 bits per heavy atom. The largest absolute Gasteiger partial charge is 0.488 e. The van der Waals surface area contributed by atoms with Gasteiger partial charge in [-0.15, -0.1) is 0 Å². The predicted molar refractivity (Wildman–Crippen MR) is 132 cm³/mol. The Balaban J connectivity index is 2.04. The summed E-state index contributed by atoms with van der Waals surface area (Å²) in [6.07, 6.45) is 0. The molecule has 2 N–H and O–H groups in total. The standard InChI is InChI=1S/C26H38N4O2/c1-7-27-25(29-19-22-12-10-11-13-23(22)32-26(4,5)6)28-18-20-14-16-21(17-15-20)24(31)30(8-2)9-3/h10-17H,7-9,18-19H2,1-6H3,(H2,27,28,29). The first-order valence-electron chi connectivity index (χ1n) is 11.4. The lowest BCUT2D eigenvalue weighted by molar-refractivity contribution is 0.0773. The van der Waals surface area contributed by atoms with E-state index in [0.29, 0.717) is 31.7 Å². The summed E-state index contributed by atoms with van der Waals surface area (Å²) in [4.78, 5) is 19.0. The molecule has 0 heterocycles. The monoisotopic (exact) mass is 438 g/mol. The highest BCUT2D eigenvalue weighted by Gasteiger charge is 2.15. The molecule has 0 aliphatic heterocycles. The molecule has 2 aromatic carbocycles. The number of benzene rings is 2. The number of guanidine groups is 1. The normalized spacial score (nSPS) is 11.8. The summed E-state index contributed by atoms with van der Waals surface area (Å²) in [7, 11) is 0. The molecular formula is C26H38N4O2. The molecule has 174 valence electrons. The molecule has 0 atom stereocenters. The Hall–Kier alpha value is -3.02. The van der Waals surface area contributed by atoms with E-state index in [2.05, 4.69) is 16.7 Å². The molecule has 0 aliphatic rings. The van der Waals surface area contributed by atoms with Crippen molar-refractivity contribution in [1.82, 2.24) is 15.5 Å². The summed E-state index contributed by atoms with van der Waals surface area (Å²) in [6, 6.07) is 15.7. The number of amides is 1. The molecule has 0 saturated heterocycles. The SMILES string of the molecule is CCNC(=NCc1ccc(C(=O)N(CC)CC)cc1)NCc1ccccc1OC(C)(C)C. The van der Waals surface area contributed by atoms with E-state index in [-0.39, 0.29) is 11.5 Å². The lowest BCUT2D eigenvalue weighted by Crippen LogP contribution is -2.37. The Morgan fingerprint density at radius 3 is 2.22 bits per heavy atom. The minimum Gasteiger partial charge on any atom is -0.488 e. The van der Waals surface area contributed by atoms with Crippen molar-refractivity contribution >= 4 is 11.9 Å². The van der Waals surface area contributed by atoms with Crippen LogP contribution in [0.4, 0.5) is 0 Å². The maximum atomic E-state index is 12.5. The van der Waals surface area contributed by atoms with Crippen molar-refractivity contribution in [3.05, 3.63) is 65.2 Å². The highest BCUT2D eigenvalue weighted by atomic mass is 16.5. The molecule has 0 fully saturated rings. The van der Waals surface area contributed by atoms with E-state index in [9.17, 15) is 4.79 Å². The van der Waals surface area contributed by atoms with Crippen molar-refractivity contribution in [3.63, 3.8) is 0 Å². The van der Waals surface area contributed by atoms with Crippen LogP contribution in [0.15, 0.2) is 53.5 Å². The van der Waals surface area contributed by atoms with Crippen LogP contribution in [0.5, 0.6) is 5.75 Å². The highest BCUT2D eigenvalue weighted by molar-refractivity contribution is 5.94. The van der Waals surface area contributed by atoms with Gasteiger partial charge in [0.2, 0.25) is 0 Å². The zero-order chi connectivity index (χ0) is 23.6.